The molecule has 2 atom stereocenters. The van der Waals surface area contributed by atoms with Gasteiger partial charge < -0.3 is 10.6 Å². The standard InChI is InChI=1S/C10H21N3O/c1-4-13-8(2)7-12(3)9(5-6-11)10(13)14/h8-9H,4-7,11H2,1-3H3. The fourth-order valence-corrected chi connectivity index (χ4v) is 2.21. The van der Waals surface area contributed by atoms with Crippen molar-refractivity contribution in [3.05, 3.63) is 0 Å². The van der Waals surface area contributed by atoms with Gasteiger partial charge in [0.25, 0.3) is 0 Å². The molecule has 0 spiro atoms. The van der Waals surface area contributed by atoms with Crippen molar-refractivity contribution in [1.82, 2.24) is 9.80 Å². The zero-order valence-corrected chi connectivity index (χ0v) is 9.36. The SMILES string of the molecule is CCN1C(=O)C(CCN)N(C)CC1C. The van der Waals surface area contributed by atoms with Crippen molar-refractivity contribution in [2.45, 2.75) is 32.4 Å². The molecule has 0 aromatic carbocycles. The Morgan fingerprint density at radius 1 is 1.57 bits per heavy atom. The fourth-order valence-electron chi connectivity index (χ4n) is 2.21. The van der Waals surface area contributed by atoms with Gasteiger partial charge in [0, 0.05) is 19.1 Å². The summed E-state index contributed by atoms with van der Waals surface area (Å²) >= 11 is 0. The van der Waals surface area contributed by atoms with Crippen molar-refractivity contribution >= 4 is 5.91 Å². The highest BCUT2D eigenvalue weighted by atomic mass is 16.2. The molecule has 1 aliphatic heterocycles. The number of amides is 1. The first kappa shape index (κ1) is 11.5. The topological polar surface area (TPSA) is 49.6 Å². The molecule has 0 radical (unpaired) electrons. The molecule has 1 aliphatic rings. The monoisotopic (exact) mass is 199 g/mol. The Bertz CT molecular complexity index is 208. The molecule has 0 saturated carbocycles. The van der Waals surface area contributed by atoms with Crippen LogP contribution >= 0.6 is 0 Å². The minimum absolute atomic E-state index is 0.00356. The molecule has 2 unspecified atom stereocenters. The minimum atomic E-state index is -0.00356. The van der Waals surface area contributed by atoms with E-state index in [9.17, 15) is 4.79 Å². The third-order valence-electron chi connectivity index (χ3n) is 2.97. The number of piperazine rings is 1. The summed E-state index contributed by atoms with van der Waals surface area (Å²) in [5.41, 5.74) is 5.51. The molecule has 1 heterocycles. The summed E-state index contributed by atoms with van der Waals surface area (Å²) in [6.45, 7) is 6.45. The maximum absolute atomic E-state index is 12.0. The summed E-state index contributed by atoms with van der Waals surface area (Å²) in [5.74, 6) is 0.235. The van der Waals surface area contributed by atoms with E-state index in [0.717, 1.165) is 19.5 Å². The van der Waals surface area contributed by atoms with Crippen LogP contribution in [0.3, 0.4) is 0 Å². The fraction of sp³-hybridized carbons (Fsp3) is 0.900. The number of nitrogens with zero attached hydrogens (tertiary/aromatic N) is 2. The van der Waals surface area contributed by atoms with E-state index in [0.29, 0.717) is 12.6 Å². The van der Waals surface area contributed by atoms with E-state index in [1.54, 1.807) is 0 Å². The third-order valence-corrected chi connectivity index (χ3v) is 2.97. The lowest BCUT2D eigenvalue weighted by Gasteiger charge is -2.42. The van der Waals surface area contributed by atoms with Gasteiger partial charge in [-0.3, -0.25) is 9.69 Å². The molecule has 0 aromatic heterocycles. The van der Waals surface area contributed by atoms with E-state index in [-0.39, 0.29) is 11.9 Å². The van der Waals surface area contributed by atoms with Crippen LogP contribution in [-0.4, -0.2) is 54.5 Å². The van der Waals surface area contributed by atoms with Crippen molar-refractivity contribution in [1.29, 1.82) is 0 Å². The molecule has 14 heavy (non-hydrogen) atoms. The Balaban J connectivity index is 2.72. The van der Waals surface area contributed by atoms with Gasteiger partial charge in [0.1, 0.15) is 0 Å². The Hall–Kier alpha value is -0.610. The number of rotatable bonds is 3. The van der Waals surface area contributed by atoms with E-state index in [4.69, 9.17) is 5.73 Å². The van der Waals surface area contributed by atoms with Crippen molar-refractivity contribution < 1.29 is 4.79 Å². The number of likely N-dealkylation sites (N-methyl/N-ethyl adjacent to an activating group) is 2. The Morgan fingerprint density at radius 2 is 2.21 bits per heavy atom. The molecule has 0 aliphatic carbocycles. The van der Waals surface area contributed by atoms with Crippen molar-refractivity contribution in [3.8, 4) is 0 Å². The summed E-state index contributed by atoms with van der Waals surface area (Å²) in [6, 6.07) is 0.322. The van der Waals surface area contributed by atoms with Gasteiger partial charge in [-0.2, -0.15) is 0 Å². The van der Waals surface area contributed by atoms with Crippen molar-refractivity contribution in [2.75, 3.05) is 26.7 Å². The molecule has 1 saturated heterocycles. The summed E-state index contributed by atoms with van der Waals surface area (Å²) < 4.78 is 0. The predicted molar refractivity (Wildman–Crippen MR) is 56.9 cm³/mol. The molecule has 1 amide bonds. The normalized spacial score (nSPS) is 29.7. The molecular weight excluding hydrogens is 178 g/mol. The summed E-state index contributed by atoms with van der Waals surface area (Å²) in [6.07, 6.45) is 0.762. The highest BCUT2D eigenvalue weighted by molar-refractivity contribution is 5.83. The molecule has 1 fully saturated rings. The zero-order chi connectivity index (χ0) is 10.7. The number of hydrogen-bond donors (Lipinski definition) is 1. The molecule has 0 aromatic rings. The first-order valence-electron chi connectivity index (χ1n) is 5.32. The maximum atomic E-state index is 12.0. The highest BCUT2D eigenvalue weighted by Crippen LogP contribution is 2.16. The second-order valence-corrected chi connectivity index (χ2v) is 4.01. The smallest absolute Gasteiger partial charge is 0.240 e. The van der Waals surface area contributed by atoms with E-state index >= 15 is 0 Å². The van der Waals surface area contributed by atoms with Crippen LogP contribution in [0, 0.1) is 0 Å². The average Bonchev–Trinajstić information content (AvgIpc) is 2.12. The van der Waals surface area contributed by atoms with Crippen molar-refractivity contribution in [3.63, 3.8) is 0 Å². The van der Waals surface area contributed by atoms with Crippen LogP contribution < -0.4 is 5.73 Å². The van der Waals surface area contributed by atoms with Gasteiger partial charge in [-0.1, -0.05) is 0 Å². The number of nitrogens with two attached hydrogens (primary N) is 1. The van der Waals surface area contributed by atoms with E-state index in [2.05, 4.69) is 11.8 Å². The van der Waals surface area contributed by atoms with Crippen LogP contribution in [0.15, 0.2) is 0 Å². The van der Waals surface area contributed by atoms with Crippen LogP contribution in [0.1, 0.15) is 20.3 Å². The van der Waals surface area contributed by atoms with Gasteiger partial charge in [0.15, 0.2) is 0 Å². The molecule has 4 nitrogen and oxygen atoms in total. The van der Waals surface area contributed by atoms with Gasteiger partial charge in [0.05, 0.1) is 6.04 Å². The van der Waals surface area contributed by atoms with Gasteiger partial charge in [0.2, 0.25) is 5.91 Å². The van der Waals surface area contributed by atoms with E-state index in [1.165, 1.54) is 0 Å². The molecule has 1 rings (SSSR count). The number of carbonyl (C=O) groups is 1. The van der Waals surface area contributed by atoms with Gasteiger partial charge in [-0.15, -0.1) is 0 Å². The predicted octanol–water partition coefficient (Wildman–Crippen LogP) is -0.114. The third kappa shape index (κ3) is 2.07. The lowest BCUT2D eigenvalue weighted by molar-refractivity contribution is -0.144. The first-order valence-corrected chi connectivity index (χ1v) is 5.32. The Kier molecular flexibility index (Phi) is 3.89. The zero-order valence-electron chi connectivity index (χ0n) is 9.36. The van der Waals surface area contributed by atoms with Gasteiger partial charge in [-0.25, -0.2) is 0 Å². The second kappa shape index (κ2) is 4.75. The van der Waals surface area contributed by atoms with E-state index in [1.807, 2.05) is 18.9 Å². The summed E-state index contributed by atoms with van der Waals surface area (Å²) in [5, 5.41) is 0. The quantitative estimate of drug-likeness (QED) is 0.690. The van der Waals surface area contributed by atoms with Gasteiger partial charge >= 0.3 is 0 Å². The molecule has 82 valence electrons. The maximum Gasteiger partial charge on any atom is 0.240 e. The summed E-state index contributed by atoms with van der Waals surface area (Å²) in [7, 11) is 2.00. The first-order chi connectivity index (χ1) is 6.61. The number of hydrogen-bond acceptors (Lipinski definition) is 3. The molecular formula is C10H21N3O. The van der Waals surface area contributed by atoms with Crippen LogP contribution in [0.25, 0.3) is 0 Å². The Labute approximate surface area is 86.0 Å². The summed E-state index contributed by atoms with van der Waals surface area (Å²) in [4.78, 5) is 16.1. The number of carbonyl (C=O) groups excluding carboxylic acids is 1. The molecule has 4 heteroatoms. The van der Waals surface area contributed by atoms with E-state index < -0.39 is 0 Å². The lowest BCUT2D eigenvalue weighted by Crippen LogP contribution is -2.59. The van der Waals surface area contributed by atoms with Crippen LogP contribution in [0.2, 0.25) is 0 Å². The average molecular weight is 199 g/mol. The molecule has 0 bridgehead atoms. The minimum Gasteiger partial charge on any atom is -0.338 e. The largest absolute Gasteiger partial charge is 0.338 e. The van der Waals surface area contributed by atoms with Crippen LogP contribution in [-0.2, 0) is 4.79 Å². The lowest BCUT2D eigenvalue weighted by atomic mass is 10.0. The Morgan fingerprint density at radius 3 is 2.71 bits per heavy atom. The molecule has 2 N–H and O–H groups in total. The van der Waals surface area contributed by atoms with Crippen LogP contribution in [0.4, 0.5) is 0 Å². The van der Waals surface area contributed by atoms with Crippen molar-refractivity contribution in [2.24, 2.45) is 5.73 Å². The highest BCUT2D eigenvalue weighted by Gasteiger charge is 2.34. The second-order valence-electron chi connectivity index (χ2n) is 4.01. The van der Waals surface area contributed by atoms with Crippen LogP contribution in [0.5, 0.6) is 0 Å². The van der Waals surface area contributed by atoms with Gasteiger partial charge in [-0.05, 0) is 33.9 Å².